The summed E-state index contributed by atoms with van der Waals surface area (Å²) < 4.78 is 22.8. The van der Waals surface area contributed by atoms with Gasteiger partial charge in [-0.25, -0.2) is 4.79 Å². The second kappa shape index (κ2) is 44.9. The van der Waals surface area contributed by atoms with E-state index in [4.69, 9.17) is 18.9 Å². The molecule has 61 heavy (non-hydrogen) atoms. The van der Waals surface area contributed by atoms with Gasteiger partial charge in [-0.05, 0) is 12.8 Å². The lowest BCUT2D eigenvalue weighted by molar-refractivity contribution is -0.870. The van der Waals surface area contributed by atoms with Gasteiger partial charge < -0.3 is 28.5 Å². The van der Waals surface area contributed by atoms with Crippen molar-refractivity contribution in [2.45, 2.75) is 270 Å². The molecule has 0 amide bonds. The van der Waals surface area contributed by atoms with E-state index in [9.17, 15) is 19.5 Å². The number of unbranched alkanes of at least 4 members (excludes halogenated alkanes) is 34. The Kier molecular flexibility index (Phi) is 43.6. The van der Waals surface area contributed by atoms with Crippen molar-refractivity contribution in [3.8, 4) is 0 Å². The van der Waals surface area contributed by atoms with Gasteiger partial charge in [0, 0.05) is 12.8 Å². The number of likely N-dealkylation sites (N-methyl/N-ethyl adjacent to an activating group) is 1. The molecule has 9 heteroatoms. The maximum Gasteiger partial charge on any atom is 0.361 e. The van der Waals surface area contributed by atoms with Crippen LogP contribution in [0.2, 0.25) is 0 Å². The maximum absolute atomic E-state index is 12.8. The molecule has 9 nitrogen and oxygen atoms in total. The number of quaternary nitrogens is 1. The Hall–Kier alpha value is -1.71. The van der Waals surface area contributed by atoms with Crippen LogP contribution in [0.5, 0.6) is 0 Å². The number of carbonyl (C=O) groups excluding carboxylic acids is 2. The highest BCUT2D eigenvalue weighted by Crippen LogP contribution is 2.17. The molecule has 0 aromatic heterocycles. The normalized spacial score (nSPS) is 12.7. The topological polar surface area (TPSA) is 108 Å². The molecule has 362 valence electrons. The van der Waals surface area contributed by atoms with Crippen LogP contribution >= 0.6 is 0 Å². The van der Waals surface area contributed by atoms with E-state index < -0.39 is 18.4 Å². The number of nitrogens with zero attached hydrogens (tertiary/aromatic N) is 1. The average molecular weight is 869 g/mol. The zero-order valence-electron chi connectivity index (χ0n) is 41.1. The standard InChI is InChI=1S/C52H101NO8/c1-6-8-10-12-14-16-18-20-22-24-26-28-30-32-34-36-38-40-42-49(54)59-46-48(47-60-52(51(56)57)58-45-44-53(3,4)5)61-50(55)43-41-39-37-35-33-31-29-27-25-23-21-19-17-15-13-11-9-7-2/h48,52H,6-47H2,1-5H3/p+1. The molecule has 0 aromatic carbocycles. The number of ether oxygens (including phenoxy) is 4. The summed E-state index contributed by atoms with van der Waals surface area (Å²) in [6.45, 7) is 4.93. The lowest BCUT2D eigenvalue weighted by atomic mass is 10.0. The summed E-state index contributed by atoms with van der Waals surface area (Å²) in [4.78, 5) is 37.3. The summed E-state index contributed by atoms with van der Waals surface area (Å²) in [5.74, 6) is -1.98. The molecule has 0 heterocycles. The Labute approximate surface area is 377 Å². The summed E-state index contributed by atoms with van der Waals surface area (Å²) in [7, 11) is 5.97. The van der Waals surface area contributed by atoms with Gasteiger partial charge in [-0.3, -0.25) is 9.59 Å². The molecule has 0 aliphatic heterocycles. The SMILES string of the molecule is CCCCCCCCCCCCCCCCCCCCC(=O)OCC(COC(OCC[N+](C)(C)C)C(=O)O)OC(=O)CCCCCCCCCCCCCCCCCCCC. The predicted molar refractivity (Wildman–Crippen MR) is 254 cm³/mol. The van der Waals surface area contributed by atoms with Crippen LogP contribution in [0.1, 0.15) is 258 Å². The van der Waals surface area contributed by atoms with Crippen molar-refractivity contribution in [3.63, 3.8) is 0 Å². The minimum atomic E-state index is -1.50. The number of carboxylic acids is 1. The number of carboxylic acid groups (broad SMARTS) is 1. The lowest BCUT2D eigenvalue weighted by Crippen LogP contribution is -2.40. The second-order valence-electron chi connectivity index (χ2n) is 19.2. The first-order valence-electron chi connectivity index (χ1n) is 26.2. The smallest absolute Gasteiger partial charge is 0.361 e. The first-order valence-corrected chi connectivity index (χ1v) is 26.2. The highest BCUT2D eigenvalue weighted by atomic mass is 16.7. The van der Waals surface area contributed by atoms with Crippen molar-refractivity contribution < 1.29 is 42.9 Å². The van der Waals surface area contributed by atoms with Crippen LogP contribution in [0, 0.1) is 0 Å². The molecular weight excluding hydrogens is 767 g/mol. The molecule has 0 radical (unpaired) electrons. The van der Waals surface area contributed by atoms with Crippen LogP contribution in [0.25, 0.3) is 0 Å². The molecule has 0 spiro atoms. The molecule has 2 atom stereocenters. The molecule has 0 aromatic rings. The van der Waals surface area contributed by atoms with E-state index in [1.54, 1.807) is 0 Å². The van der Waals surface area contributed by atoms with Crippen molar-refractivity contribution in [2.24, 2.45) is 0 Å². The van der Waals surface area contributed by atoms with Crippen molar-refractivity contribution in [3.05, 3.63) is 0 Å². The summed E-state index contributed by atoms with van der Waals surface area (Å²) in [6, 6.07) is 0. The Morgan fingerprint density at radius 1 is 0.426 bits per heavy atom. The molecule has 1 N–H and O–H groups in total. The molecule has 2 unspecified atom stereocenters. The highest BCUT2D eigenvalue weighted by molar-refractivity contribution is 5.71. The van der Waals surface area contributed by atoms with Crippen LogP contribution < -0.4 is 0 Å². The average Bonchev–Trinajstić information content (AvgIpc) is 3.22. The highest BCUT2D eigenvalue weighted by Gasteiger charge is 2.25. The number of aliphatic carboxylic acids is 1. The van der Waals surface area contributed by atoms with Gasteiger partial charge in [0.05, 0.1) is 34.4 Å². The summed E-state index contributed by atoms with van der Waals surface area (Å²) in [5.41, 5.74) is 0. The first kappa shape index (κ1) is 59.3. The van der Waals surface area contributed by atoms with Crippen molar-refractivity contribution in [1.29, 1.82) is 0 Å². The second-order valence-corrected chi connectivity index (χ2v) is 19.2. The molecular formula is C52H102NO8+. The predicted octanol–water partition coefficient (Wildman–Crippen LogP) is 14.5. The van der Waals surface area contributed by atoms with E-state index in [0.29, 0.717) is 17.4 Å². The molecule has 0 bridgehead atoms. The van der Waals surface area contributed by atoms with Crippen LogP contribution in [0.4, 0.5) is 0 Å². The molecule has 0 fully saturated rings. The summed E-state index contributed by atoms with van der Waals surface area (Å²) in [6.07, 6.45) is 44.5. The Morgan fingerprint density at radius 3 is 1.05 bits per heavy atom. The van der Waals surface area contributed by atoms with Crippen LogP contribution in [-0.4, -0.2) is 87.4 Å². The Morgan fingerprint density at radius 2 is 0.738 bits per heavy atom. The third kappa shape index (κ3) is 46.1. The third-order valence-corrected chi connectivity index (χ3v) is 11.9. The van der Waals surface area contributed by atoms with Gasteiger partial charge in [0.1, 0.15) is 13.2 Å². The fourth-order valence-electron chi connectivity index (χ4n) is 7.78. The minimum Gasteiger partial charge on any atom is -0.477 e. The van der Waals surface area contributed by atoms with Crippen LogP contribution in [-0.2, 0) is 33.3 Å². The van der Waals surface area contributed by atoms with E-state index in [2.05, 4.69) is 13.8 Å². The number of esters is 2. The quantitative estimate of drug-likeness (QED) is 0.0279. The van der Waals surface area contributed by atoms with E-state index in [1.807, 2.05) is 21.1 Å². The monoisotopic (exact) mass is 869 g/mol. The van der Waals surface area contributed by atoms with E-state index in [-0.39, 0.29) is 38.2 Å². The van der Waals surface area contributed by atoms with Crippen LogP contribution in [0.3, 0.4) is 0 Å². The van der Waals surface area contributed by atoms with Gasteiger partial charge >= 0.3 is 17.9 Å². The van der Waals surface area contributed by atoms with Crippen molar-refractivity contribution >= 4 is 17.9 Å². The lowest BCUT2D eigenvalue weighted by Gasteiger charge is -2.25. The molecule has 0 saturated carbocycles. The number of hydrogen-bond acceptors (Lipinski definition) is 7. The zero-order chi connectivity index (χ0) is 44.9. The molecule has 0 rings (SSSR count). The summed E-state index contributed by atoms with van der Waals surface area (Å²) in [5, 5.41) is 9.67. The van der Waals surface area contributed by atoms with Crippen molar-refractivity contribution in [2.75, 3.05) is 47.5 Å². The fraction of sp³-hybridized carbons (Fsp3) is 0.942. The van der Waals surface area contributed by atoms with Gasteiger partial charge in [0.25, 0.3) is 6.29 Å². The molecule has 0 aliphatic rings. The largest absolute Gasteiger partial charge is 0.477 e. The number of rotatable bonds is 49. The van der Waals surface area contributed by atoms with E-state index in [0.717, 1.165) is 38.5 Å². The fourth-order valence-corrected chi connectivity index (χ4v) is 7.78. The Balaban J connectivity index is 4.28. The van der Waals surface area contributed by atoms with E-state index >= 15 is 0 Å². The number of hydrogen-bond donors (Lipinski definition) is 1. The molecule has 0 aliphatic carbocycles. The first-order chi connectivity index (χ1) is 29.6. The third-order valence-electron chi connectivity index (χ3n) is 11.9. The van der Waals surface area contributed by atoms with Gasteiger partial charge in [-0.1, -0.05) is 232 Å². The molecule has 0 saturated heterocycles. The Bertz CT molecular complexity index is 970. The zero-order valence-corrected chi connectivity index (χ0v) is 41.1. The van der Waals surface area contributed by atoms with Crippen molar-refractivity contribution in [1.82, 2.24) is 0 Å². The van der Waals surface area contributed by atoms with Gasteiger partial charge in [-0.2, -0.15) is 0 Å². The van der Waals surface area contributed by atoms with Gasteiger partial charge in [-0.15, -0.1) is 0 Å². The minimum absolute atomic E-state index is 0.173. The maximum atomic E-state index is 12.8. The summed E-state index contributed by atoms with van der Waals surface area (Å²) >= 11 is 0. The van der Waals surface area contributed by atoms with Crippen LogP contribution in [0.15, 0.2) is 0 Å². The van der Waals surface area contributed by atoms with Gasteiger partial charge in [0.2, 0.25) is 0 Å². The van der Waals surface area contributed by atoms with Gasteiger partial charge in [0.15, 0.2) is 6.10 Å². The van der Waals surface area contributed by atoms with E-state index in [1.165, 1.54) is 193 Å². The number of carbonyl (C=O) groups is 3.